The zero-order valence-electron chi connectivity index (χ0n) is 5.78. The summed E-state index contributed by atoms with van der Waals surface area (Å²) in [6.45, 7) is 1.66. The van der Waals surface area contributed by atoms with Crippen LogP contribution in [-0.4, -0.2) is 10.1 Å². The summed E-state index contributed by atoms with van der Waals surface area (Å²) in [6, 6.07) is 1.67. The highest BCUT2D eigenvalue weighted by Crippen LogP contribution is 2.16. The SMILES string of the molecule is C[C@@H](O)c1cnccc1N. The molecule has 3 nitrogen and oxygen atoms in total. The lowest BCUT2D eigenvalue weighted by atomic mass is 10.1. The molecule has 1 heterocycles. The lowest BCUT2D eigenvalue weighted by Gasteiger charge is -2.05. The largest absolute Gasteiger partial charge is 0.398 e. The van der Waals surface area contributed by atoms with Gasteiger partial charge in [0, 0.05) is 23.6 Å². The molecule has 1 rings (SSSR count). The highest BCUT2D eigenvalue weighted by molar-refractivity contribution is 5.45. The van der Waals surface area contributed by atoms with Crippen LogP contribution in [0.3, 0.4) is 0 Å². The molecule has 0 amide bonds. The molecule has 0 aliphatic rings. The van der Waals surface area contributed by atoms with E-state index < -0.39 is 6.10 Å². The number of aromatic nitrogens is 1. The zero-order chi connectivity index (χ0) is 7.56. The smallest absolute Gasteiger partial charge is 0.0797 e. The zero-order valence-corrected chi connectivity index (χ0v) is 5.78. The van der Waals surface area contributed by atoms with E-state index in [-0.39, 0.29) is 0 Å². The van der Waals surface area contributed by atoms with Crippen molar-refractivity contribution in [3.05, 3.63) is 24.0 Å². The minimum atomic E-state index is -0.534. The number of hydrogen-bond donors (Lipinski definition) is 2. The highest BCUT2D eigenvalue weighted by Gasteiger charge is 2.02. The lowest BCUT2D eigenvalue weighted by molar-refractivity contribution is 0.199. The molecule has 0 spiro atoms. The molecule has 1 aromatic heterocycles. The standard InChI is InChI=1S/C7H10N2O/c1-5(10)6-4-9-3-2-7(6)8/h2-5,10H,1H3,(H2,8,9)/t5-/m1/s1. The summed E-state index contributed by atoms with van der Waals surface area (Å²) in [5.74, 6) is 0. The normalized spacial score (nSPS) is 13.0. The number of rotatable bonds is 1. The van der Waals surface area contributed by atoms with E-state index in [0.717, 1.165) is 0 Å². The van der Waals surface area contributed by atoms with Gasteiger partial charge >= 0.3 is 0 Å². The predicted octanol–water partition coefficient (Wildman–Crippen LogP) is 0.717. The summed E-state index contributed by atoms with van der Waals surface area (Å²) in [7, 11) is 0. The van der Waals surface area contributed by atoms with Crippen molar-refractivity contribution in [3.63, 3.8) is 0 Å². The van der Waals surface area contributed by atoms with E-state index in [1.165, 1.54) is 0 Å². The van der Waals surface area contributed by atoms with Crippen LogP contribution in [0.15, 0.2) is 18.5 Å². The fourth-order valence-corrected chi connectivity index (χ4v) is 0.767. The molecule has 0 aromatic carbocycles. The molecule has 0 saturated heterocycles. The average Bonchev–Trinajstić information content (AvgIpc) is 1.88. The Hall–Kier alpha value is -1.09. The Balaban J connectivity index is 3.03. The fraction of sp³-hybridized carbons (Fsp3) is 0.286. The first-order valence-corrected chi connectivity index (χ1v) is 3.09. The molecule has 10 heavy (non-hydrogen) atoms. The van der Waals surface area contributed by atoms with E-state index in [4.69, 9.17) is 10.8 Å². The van der Waals surface area contributed by atoms with Crippen molar-refractivity contribution in [3.8, 4) is 0 Å². The molecule has 0 aliphatic carbocycles. The van der Waals surface area contributed by atoms with Gasteiger partial charge in [-0.2, -0.15) is 0 Å². The van der Waals surface area contributed by atoms with E-state index >= 15 is 0 Å². The molecule has 3 heteroatoms. The van der Waals surface area contributed by atoms with Crippen LogP contribution in [0, 0.1) is 0 Å². The third kappa shape index (κ3) is 1.25. The van der Waals surface area contributed by atoms with E-state index in [9.17, 15) is 0 Å². The second kappa shape index (κ2) is 2.66. The van der Waals surface area contributed by atoms with Gasteiger partial charge in [-0.15, -0.1) is 0 Å². The summed E-state index contributed by atoms with van der Waals surface area (Å²) < 4.78 is 0. The molecule has 0 fully saturated rings. The number of nitrogens with two attached hydrogens (primary N) is 1. The molecule has 1 aromatic rings. The first kappa shape index (κ1) is 7.02. The third-order valence-electron chi connectivity index (χ3n) is 1.34. The molecule has 0 radical (unpaired) electrons. The first-order valence-electron chi connectivity index (χ1n) is 3.09. The molecule has 54 valence electrons. The van der Waals surface area contributed by atoms with Crippen LogP contribution in [0.25, 0.3) is 0 Å². The van der Waals surface area contributed by atoms with E-state index in [1.807, 2.05) is 0 Å². The van der Waals surface area contributed by atoms with Crippen LogP contribution in [0.2, 0.25) is 0 Å². The molecule has 0 unspecified atom stereocenters. The number of nitrogen functional groups attached to an aromatic ring is 1. The van der Waals surface area contributed by atoms with Crippen molar-refractivity contribution >= 4 is 5.69 Å². The van der Waals surface area contributed by atoms with Crippen molar-refractivity contribution in [2.75, 3.05) is 5.73 Å². The molecular weight excluding hydrogens is 128 g/mol. The predicted molar refractivity (Wildman–Crippen MR) is 39.3 cm³/mol. The summed E-state index contributed by atoms with van der Waals surface area (Å²) in [4.78, 5) is 3.83. The molecule has 0 saturated carbocycles. The summed E-state index contributed by atoms with van der Waals surface area (Å²) >= 11 is 0. The Labute approximate surface area is 59.5 Å². The monoisotopic (exact) mass is 138 g/mol. The van der Waals surface area contributed by atoms with E-state index in [0.29, 0.717) is 11.3 Å². The van der Waals surface area contributed by atoms with Gasteiger partial charge in [-0.1, -0.05) is 0 Å². The second-order valence-electron chi connectivity index (χ2n) is 2.18. The van der Waals surface area contributed by atoms with Gasteiger partial charge in [0.25, 0.3) is 0 Å². The van der Waals surface area contributed by atoms with Crippen molar-refractivity contribution in [2.24, 2.45) is 0 Å². The van der Waals surface area contributed by atoms with Crippen LogP contribution < -0.4 is 5.73 Å². The van der Waals surface area contributed by atoms with Gasteiger partial charge in [0.05, 0.1) is 6.10 Å². The minimum absolute atomic E-state index is 0.534. The number of hydrogen-bond acceptors (Lipinski definition) is 3. The van der Waals surface area contributed by atoms with Crippen molar-refractivity contribution in [1.29, 1.82) is 0 Å². The van der Waals surface area contributed by atoms with E-state index in [1.54, 1.807) is 25.4 Å². The number of aliphatic hydroxyl groups is 1. The fourth-order valence-electron chi connectivity index (χ4n) is 0.767. The van der Waals surface area contributed by atoms with Gasteiger partial charge < -0.3 is 10.8 Å². The molecular formula is C7H10N2O. The van der Waals surface area contributed by atoms with Crippen LogP contribution >= 0.6 is 0 Å². The minimum Gasteiger partial charge on any atom is -0.398 e. The topological polar surface area (TPSA) is 59.1 Å². The number of anilines is 1. The summed E-state index contributed by atoms with van der Waals surface area (Å²) in [5, 5.41) is 9.08. The Kier molecular flexibility index (Phi) is 1.87. The van der Waals surface area contributed by atoms with Gasteiger partial charge in [0.15, 0.2) is 0 Å². The third-order valence-corrected chi connectivity index (χ3v) is 1.34. The van der Waals surface area contributed by atoms with Crippen molar-refractivity contribution < 1.29 is 5.11 Å². The Morgan fingerprint density at radius 1 is 1.70 bits per heavy atom. The molecule has 0 bridgehead atoms. The first-order chi connectivity index (χ1) is 4.72. The molecule has 3 N–H and O–H groups in total. The quantitative estimate of drug-likeness (QED) is 0.601. The Morgan fingerprint density at radius 2 is 2.40 bits per heavy atom. The summed E-state index contributed by atoms with van der Waals surface area (Å²) in [5.41, 5.74) is 6.79. The van der Waals surface area contributed by atoms with Gasteiger partial charge in [-0.25, -0.2) is 0 Å². The maximum absolute atomic E-state index is 9.08. The van der Waals surface area contributed by atoms with Gasteiger partial charge in [-0.3, -0.25) is 4.98 Å². The summed E-state index contributed by atoms with van der Waals surface area (Å²) in [6.07, 6.45) is 2.63. The molecule has 1 atom stereocenters. The van der Waals surface area contributed by atoms with Crippen molar-refractivity contribution in [1.82, 2.24) is 4.98 Å². The highest BCUT2D eigenvalue weighted by atomic mass is 16.3. The Morgan fingerprint density at radius 3 is 2.80 bits per heavy atom. The number of pyridine rings is 1. The average molecular weight is 138 g/mol. The van der Waals surface area contributed by atoms with Crippen LogP contribution in [0.5, 0.6) is 0 Å². The Bertz CT molecular complexity index is 223. The second-order valence-corrected chi connectivity index (χ2v) is 2.18. The van der Waals surface area contributed by atoms with Crippen molar-refractivity contribution in [2.45, 2.75) is 13.0 Å². The maximum atomic E-state index is 9.08. The van der Waals surface area contributed by atoms with Crippen LogP contribution in [0.4, 0.5) is 5.69 Å². The number of nitrogens with zero attached hydrogens (tertiary/aromatic N) is 1. The lowest BCUT2D eigenvalue weighted by Crippen LogP contribution is -1.98. The van der Waals surface area contributed by atoms with Gasteiger partial charge in [0.1, 0.15) is 0 Å². The number of aliphatic hydroxyl groups excluding tert-OH is 1. The maximum Gasteiger partial charge on any atom is 0.0797 e. The molecule has 0 aliphatic heterocycles. The van der Waals surface area contributed by atoms with Crippen LogP contribution in [-0.2, 0) is 0 Å². The van der Waals surface area contributed by atoms with Gasteiger partial charge in [-0.05, 0) is 13.0 Å². The van der Waals surface area contributed by atoms with E-state index in [2.05, 4.69) is 4.98 Å². The van der Waals surface area contributed by atoms with Gasteiger partial charge in [0.2, 0.25) is 0 Å². The van der Waals surface area contributed by atoms with Crippen LogP contribution in [0.1, 0.15) is 18.6 Å².